The van der Waals surface area contributed by atoms with Gasteiger partial charge in [0.15, 0.2) is 0 Å². The van der Waals surface area contributed by atoms with Crippen LogP contribution in [0.3, 0.4) is 0 Å². The average Bonchev–Trinajstić information content (AvgIpc) is 3.07. The summed E-state index contributed by atoms with van der Waals surface area (Å²) in [5.41, 5.74) is 5.16. The van der Waals surface area contributed by atoms with Crippen molar-refractivity contribution in [3.63, 3.8) is 0 Å². The highest BCUT2D eigenvalue weighted by Gasteiger charge is 2.35. The molecule has 2 unspecified atom stereocenters. The minimum absolute atomic E-state index is 0.0633. The summed E-state index contributed by atoms with van der Waals surface area (Å²) in [7, 11) is -3.24. The third-order valence-electron chi connectivity index (χ3n) is 6.23. The first-order valence-electron chi connectivity index (χ1n) is 11.0. The number of nitrogens with one attached hydrogen (secondary N) is 1. The molecular formula is C24H32N2O3S. The van der Waals surface area contributed by atoms with E-state index >= 15 is 0 Å². The van der Waals surface area contributed by atoms with E-state index in [4.69, 9.17) is 4.74 Å². The molecule has 0 aliphatic carbocycles. The maximum Gasteiger partial charge on any atom is 0.209 e. The zero-order valence-corrected chi connectivity index (χ0v) is 18.5. The van der Waals surface area contributed by atoms with Crippen LogP contribution in [-0.2, 0) is 27.6 Å². The van der Waals surface area contributed by atoms with Gasteiger partial charge in [0.1, 0.15) is 0 Å². The van der Waals surface area contributed by atoms with Crippen LogP contribution in [0, 0.1) is 0 Å². The van der Waals surface area contributed by atoms with Crippen LogP contribution in [0.15, 0.2) is 48.5 Å². The lowest BCUT2D eigenvalue weighted by molar-refractivity contribution is 0.0952. The fourth-order valence-electron chi connectivity index (χ4n) is 4.81. The highest BCUT2D eigenvalue weighted by atomic mass is 32.2. The van der Waals surface area contributed by atoms with Gasteiger partial charge in [-0.25, -0.2) is 13.1 Å². The van der Waals surface area contributed by atoms with Crippen LogP contribution >= 0.6 is 0 Å². The van der Waals surface area contributed by atoms with E-state index in [-0.39, 0.29) is 12.1 Å². The second-order valence-electron chi connectivity index (χ2n) is 8.52. The van der Waals surface area contributed by atoms with Crippen molar-refractivity contribution in [2.75, 3.05) is 32.6 Å². The van der Waals surface area contributed by atoms with Crippen molar-refractivity contribution < 1.29 is 13.2 Å². The molecule has 0 radical (unpaired) electrons. The van der Waals surface area contributed by atoms with E-state index in [1.807, 2.05) is 0 Å². The van der Waals surface area contributed by atoms with E-state index < -0.39 is 10.0 Å². The number of benzene rings is 2. The molecule has 2 heterocycles. The summed E-state index contributed by atoms with van der Waals surface area (Å²) in [5.74, 6) is 0. The molecule has 0 aromatic heterocycles. The number of sulfonamides is 1. The maximum atomic E-state index is 11.9. The third-order valence-corrected chi connectivity index (χ3v) is 6.96. The monoisotopic (exact) mass is 428 g/mol. The summed E-state index contributed by atoms with van der Waals surface area (Å²) in [6.07, 6.45) is 6.13. The molecule has 4 rings (SSSR count). The fourth-order valence-corrected chi connectivity index (χ4v) is 5.63. The molecule has 2 aliphatic rings. The Balaban J connectivity index is 1.65. The van der Waals surface area contributed by atoms with Crippen molar-refractivity contribution in [2.24, 2.45) is 0 Å². The van der Waals surface area contributed by atoms with E-state index in [1.54, 1.807) is 0 Å². The average molecular weight is 429 g/mol. The normalized spacial score (nSPS) is 23.8. The predicted molar refractivity (Wildman–Crippen MR) is 121 cm³/mol. The molecule has 1 saturated heterocycles. The zero-order valence-electron chi connectivity index (χ0n) is 17.7. The number of nitrogens with zero attached hydrogens (tertiary/aromatic N) is 1. The molecule has 2 bridgehead atoms. The fraction of sp³-hybridized carbons (Fsp3) is 0.500. The van der Waals surface area contributed by atoms with Crippen LogP contribution in [0.2, 0.25) is 0 Å². The number of fused-ring (bicyclic) bond motifs is 5. The minimum atomic E-state index is -3.24. The molecule has 5 nitrogen and oxygen atoms in total. The Bertz CT molecular complexity index is 960. The Labute approximate surface area is 180 Å². The molecule has 2 atom stereocenters. The largest absolute Gasteiger partial charge is 0.380 e. The molecular weight excluding hydrogens is 396 g/mol. The van der Waals surface area contributed by atoms with Crippen LogP contribution in [0.4, 0.5) is 0 Å². The molecule has 6 heteroatoms. The molecule has 0 amide bonds. The topological polar surface area (TPSA) is 58.6 Å². The second-order valence-corrected chi connectivity index (χ2v) is 10.3. The summed E-state index contributed by atoms with van der Waals surface area (Å²) in [6, 6.07) is 17.5. The van der Waals surface area contributed by atoms with Crippen molar-refractivity contribution in [3.8, 4) is 11.1 Å². The van der Waals surface area contributed by atoms with E-state index in [2.05, 4.69) is 58.2 Å². The van der Waals surface area contributed by atoms with Crippen LogP contribution in [0.1, 0.15) is 30.4 Å². The summed E-state index contributed by atoms with van der Waals surface area (Å²) in [4.78, 5) is 2.39. The highest BCUT2D eigenvalue weighted by molar-refractivity contribution is 7.88. The van der Waals surface area contributed by atoms with Crippen molar-refractivity contribution in [1.82, 2.24) is 9.62 Å². The molecule has 0 saturated carbocycles. The minimum Gasteiger partial charge on any atom is -0.380 e. The van der Waals surface area contributed by atoms with Gasteiger partial charge in [-0.3, -0.25) is 4.90 Å². The predicted octanol–water partition coefficient (Wildman–Crippen LogP) is 3.24. The first kappa shape index (κ1) is 21.5. The van der Waals surface area contributed by atoms with Gasteiger partial charge in [0.25, 0.3) is 0 Å². The Morgan fingerprint density at radius 3 is 2.77 bits per heavy atom. The number of rotatable bonds is 2. The van der Waals surface area contributed by atoms with Gasteiger partial charge in [-0.15, -0.1) is 0 Å². The molecule has 2 aromatic rings. The Hall–Kier alpha value is -1.73. The van der Waals surface area contributed by atoms with Gasteiger partial charge in [0.2, 0.25) is 10.0 Å². The van der Waals surface area contributed by atoms with Crippen LogP contribution in [0.5, 0.6) is 0 Å². The van der Waals surface area contributed by atoms with E-state index in [1.165, 1.54) is 28.5 Å². The van der Waals surface area contributed by atoms with Crippen LogP contribution < -0.4 is 4.72 Å². The molecule has 1 fully saturated rings. The van der Waals surface area contributed by atoms with E-state index in [0.717, 1.165) is 51.8 Å². The van der Waals surface area contributed by atoms with Gasteiger partial charge in [0.05, 0.1) is 12.9 Å². The molecule has 2 aromatic carbocycles. The standard InChI is InChI=1S/C24H32N2O3S/c1-30(27,28)25-23-12-13-26-14-16-29-15-5-4-9-20-8-2-3-11-22(20)21-10-6-7-19(17-21)18-24(23)26/h2-3,6-8,10-11,17,23-25H,4-5,9,12-16,18H2,1H3. The smallest absolute Gasteiger partial charge is 0.209 e. The highest BCUT2D eigenvalue weighted by Crippen LogP contribution is 2.28. The molecule has 0 spiro atoms. The summed E-state index contributed by atoms with van der Waals surface area (Å²) in [6.45, 7) is 3.20. The van der Waals surface area contributed by atoms with E-state index in [9.17, 15) is 8.42 Å². The Morgan fingerprint density at radius 2 is 1.90 bits per heavy atom. The molecule has 1 N–H and O–H groups in total. The van der Waals surface area contributed by atoms with Crippen molar-refractivity contribution >= 4 is 10.0 Å². The van der Waals surface area contributed by atoms with Crippen LogP contribution in [-0.4, -0.2) is 58.0 Å². The van der Waals surface area contributed by atoms with Crippen molar-refractivity contribution in [3.05, 3.63) is 59.7 Å². The van der Waals surface area contributed by atoms with Gasteiger partial charge in [0, 0.05) is 31.8 Å². The Morgan fingerprint density at radius 1 is 1.03 bits per heavy atom. The Kier molecular flexibility index (Phi) is 6.88. The second kappa shape index (κ2) is 9.60. The van der Waals surface area contributed by atoms with Crippen molar-refractivity contribution in [2.45, 2.75) is 44.2 Å². The number of ether oxygens (including phenoxy) is 1. The number of hydrogen-bond donors (Lipinski definition) is 1. The quantitative estimate of drug-likeness (QED) is 0.798. The number of hydrogen-bond acceptors (Lipinski definition) is 4. The first-order chi connectivity index (χ1) is 14.5. The van der Waals surface area contributed by atoms with Gasteiger partial charge < -0.3 is 4.74 Å². The SMILES string of the molecule is CS(=O)(=O)NC1CCN2CCOCCCCc3ccccc3-c3cccc(c3)CC12. The molecule has 30 heavy (non-hydrogen) atoms. The lowest BCUT2D eigenvalue weighted by Gasteiger charge is -2.28. The van der Waals surface area contributed by atoms with Crippen molar-refractivity contribution in [1.29, 1.82) is 0 Å². The van der Waals surface area contributed by atoms with Gasteiger partial charge >= 0.3 is 0 Å². The summed E-state index contributed by atoms with van der Waals surface area (Å²) < 4.78 is 32.6. The molecule has 162 valence electrons. The zero-order chi connectivity index (χ0) is 21.0. The third kappa shape index (κ3) is 5.49. The molecule has 2 aliphatic heterocycles. The summed E-state index contributed by atoms with van der Waals surface area (Å²) in [5, 5.41) is 0. The lowest BCUT2D eigenvalue weighted by Crippen LogP contribution is -2.46. The first-order valence-corrected chi connectivity index (χ1v) is 12.8. The van der Waals surface area contributed by atoms with E-state index in [0.29, 0.717) is 6.61 Å². The van der Waals surface area contributed by atoms with Gasteiger partial charge in [-0.05, 0) is 54.4 Å². The van der Waals surface area contributed by atoms with Gasteiger partial charge in [-0.1, -0.05) is 48.5 Å². The van der Waals surface area contributed by atoms with Crippen LogP contribution in [0.25, 0.3) is 11.1 Å². The number of aryl methyl sites for hydroxylation is 1. The lowest BCUT2D eigenvalue weighted by atomic mass is 9.93. The summed E-state index contributed by atoms with van der Waals surface area (Å²) >= 11 is 0. The van der Waals surface area contributed by atoms with Gasteiger partial charge in [-0.2, -0.15) is 0 Å². The maximum absolute atomic E-state index is 11.9.